The Kier molecular flexibility index (Phi) is 3.56. The van der Waals surface area contributed by atoms with Gasteiger partial charge in [-0.25, -0.2) is 9.18 Å². The molecule has 0 aliphatic rings. The van der Waals surface area contributed by atoms with E-state index in [1.165, 1.54) is 24.3 Å². The minimum Gasteiger partial charge on any atom is -0.347 e. The van der Waals surface area contributed by atoms with Crippen molar-refractivity contribution in [1.82, 2.24) is 15.3 Å². The highest BCUT2D eigenvalue weighted by atomic mass is 19.1. The highest BCUT2D eigenvalue weighted by molar-refractivity contribution is 5.91. The van der Waals surface area contributed by atoms with Crippen LogP contribution >= 0.6 is 0 Å². The van der Waals surface area contributed by atoms with Crippen LogP contribution in [0.15, 0.2) is 39.9 Å². The van der Waals surface area contributed by atoms with Crippen molar-refractivity contribution in [3.63, 3.8) is 0 Å². The van der Waals surface area contributed by atoms with Gasteiger partial charge in [0, 0.05) is 12.6 Å². The van der Waals surface area contributed by atoms with Crippen LogP contribution in [0.25, 0.3) is 0 Å². The Morgan fingerprint density at radius 3 is 2.47 bits per heavy atom. The number of halogens is 1. The monoisotopic (exact) mass is 263 g/mol. The van der Waals surface area contributed by atoms with Gasteiger partial charge in [-0.05, 0) is 17.7 Å². The summed E-state index contributed by atoms with van der Waals surface area (Å²) in [5, 5.41) is 2.50. The smallest absolute Gasteiger partial charge is 0.326 e. The maximum atomic E-state index is 12.7. The van der Waals surface area contributed by atoms with Crippen LogP contribution in [0.5, 0.6) is 0 Å². The van der Waals surface area contributed by atoms with Gasteiger partial charge in [-0.3, -0.25) is 14.6 Å². The van der Waals surface area contributed by atoms with Crippen LogP contribution in [0.3, 0.4) is 0 Å². The largest absolute Gasteiger partial charge is 0.347 e. The Morgan fingerprint density at radius 1 is 1.16 bits per heavy atom. The molecule has 0 bridgehead atoms. The number of carbonyl (C=O) groups is 1. The summed E-state index contributed by atoms with van der Waals surface area (Å²) in [6, 6.07) is 6.58. The second-order valence-corrected chi connectivity index (χ2v) is 3.81. The lowest BCUT2D eigenvalue weighted by molar-refractivity contribution is 0.0945. The van der Waals surface area contributed by atoms with E-state index in [4.69, 9.17) is 0 Å². The van der Waals surface area contributed by atoms with Gasteiger partial charge in [-0.1, -0.05) is 12.1 Å². The predicted molar refractivity (Wildman–Crippen MR) is 65.3 cm³/mol. The van der Waals surface area contributed by atoms with Crippen molar-refractivity contribution < 1.29 is 9.18 Å². The van der Waals surface area contributed by atoms with Crippen LogP contribution in [0.1, 0.15) is 16.1 Å². The van der Waals surface area contributed by atoms with Gasteiger partial charge in [0.15, 0.2) is 0 Å². The molecule has 0 saturated carbocycles. The average Bonchev–Trinajstić information content (AvgIpc) is 2.36. The predicted octanol–water partition coefficient (Wildman–Crippen LogP) is 0.132. The van der Waals surface area contributed by atoms with E-state index >= 15 is 0 Å². The quantitative estimate of drug-likeness (QED) is 0.734. The third-order valence-electron chi connectivity index (χ3n) is 2.37. The number of H-pyrrole nitrogens is 2. The fourth-order valence-corrected chi connectivity index (χ4v) is 1.47. The van der Waals surface area contributed by atoms with E-state index in [0.29, 0.717) is 5.56 Å². The first kappa shape index (κ1) is 12.7. The van der Waals surface area contributed by atoms with E-state index < -0.39 is 17.2 Å². The second kappa shape index (κ2) is 5.30. The van der Waals surface area contributed by atoms with Crippen LogP contribution < -0.4 is 16.6 Å². The molecule has 98 valence electrons. The molecule has 3 N–H and O–H groups in total. The van der Waals surface area contributed by atoms with Crippen molar-refractivity contribution >= 4 is 5.91 Å². The summed E-state index contributed by atoms with van der Waals surface area (Å²) in [5.41, 5.74) is -0.840. The van der Waals surface area contributed by atoms with E-state index in [2.05, 4.69) is 10.3 Å². The molecule has 1 aromatic carbocycles. The van der Waals surface area contributed by atoms with Gasteiger partial charge in [0.25, 0.3) is 11.5 Å². The average molecular weight is 263 g/mol. The molecule has 19 heavy (non-hydrogen) atoms. The highest BCUT2D eigenvalue weighted by Gasteiger charge is 2.07. The molecule has 0 unspecified atom stereocenters. The third kappa shape index (κ3) is 3.38. The lowest BCUT2D eigenvalue weighted by Gasteiger charge is -2.04. The number of carbonyl (C=O) groups excluding carboxylic acids is 1. The maximum Gasteiger partial charge on any atom is 0.326 e. The molecule has 0 spiro atoms. The van der Waals surface area contributed by atoms with Gasteiger partial charge in [0.05, 0.1) is 0 Å². The van der Waals surface area contributed by atoms with E-state index in [1.807, 2.05) is 4.98 Å². The zero-order valence-corrected chi connectivity index (χ0v) is 9.70. The van der Waals surface area contributed by atoms with Crippen LogP contribution in [-0.4, -0.2) is 15.9 Å². The first-order chi connectivity index (χ1) is 9.04. The fourth-order valence-electron chi connectivity index (χ4n) is 1.47. The molecule has 2 aromatic rings. The van der Waals surface area contributed by atoms with E-state index in [9.17, 15) is 18.8 Å². The number of hydrogen-bond acceptors (Lipinski definition) is 3. The minimum atomic E-state index is -0.751. The molecule has 6 nitrogen and oxygen atoms in total. The first-order valence-electron chi connectivity index (χ1n) is 5.41. The summed E-state index contributed by atoms with van der Waals surface area (Å²) in [6.07, 6.45) is 0. The molecule has 0 fully saturated rings. The normalized spacial score (nSPS) is 10.2. The van der Waals surface area contributed by atoms with Gasteiger partial charge >= 0.3 is 5.69 Å². The van der Waals surface area contributed by atoms with E-state index in [1.54, 1.807) is 0 Å². The standard InChI is InChI=1S/C12H10FN3O3/c13-8-3-1-7(2-4-8)6-14-11(18)9-5-10(17)16-12(19)15-9/h1-5H,6H2,(H,14,18)(H2,15,16,17,19). The third-order valence-corrected chi connectivity index (χ3v) is 2.37. The number of aromatic nitrogens is 2. The molecule has 0 aliphatic heterocycles. The van der Waals surface area contributed by atoms with Gasteiger partial charge in [-0.2, -0.15) is 0 Å². The van der Waals surface area contributed by atoms with Gasteiger partial charge in [0.2, 0.25) is 0 Å². The Balaban J connectivity index is 2.07. The number of nitrogens with one attached hydrogen (secondary N) is 3. The molecule has 0 aliphatic carbocycles. The van der Waals surface area contributed by atoms with Crippen molar-refractivity contribution in [2.75, 3.05) is 0 Å². The molecule has 2 rings (SSSR count). The van der Waals surface area contributed by atoms with Crippen LogP contribution in [0.2, 0.25) is 0 Å². The Bertz CT molecular complexity index is 675. The van der Waals surface area contributed by atoms with Crippen molar-refractivity contribution in [3.8, 4) is 0 Å². The molecular formula is C12H10FN3O3. The second-order valence-electron chi connectivity index (χ2n) is 3.81. The molecule has 7 heteroatoms. The van der Waals surface area contributed by atoms with Crippen LogP contribution in [0, 0.1) is 5.82 Å². The summed E-state index contributed by atoms with van der Waals surface area (Å²) in [7, 11) is 0. The van der Waals surface area contributed by atoms with E-state index in [-0.39, 0.29) is 18.1 Å². The summed E-state index contributed by atoms with van der Waals surface area (Å²) < 4.78 is 12.7. The Labute approximate surface area is 106 Å². The summed E-state index contributed by atoms with van der Waals surface area (Å²) in [5.74, 6) is -0.957. The zero-order chi connectivity index (χ0) is 13.8. The minimum absolute atomic E-state index is 0.129. The first-order valence-corrected chi connectivity index (χ1v) is 5.41. The van der Waals surface area contributed by atoms with Gasteiger partial charge in [-0.15, -0.1) is 0 Å². The molecule has 0 atom stereocenters. The Morgan fingerprint density at radius 2 is 1.84 bits per heavy atom. The molecule has 1 amide bonds. The molecule has 0 saturated heterocycles. The summed E-state index contributed by atoms with van der Waals surface area (Å²) in [6.45, 7) is 0.161. The Hall–Kier alpha value is -2.70. The number of amides is 1. The number of benzene rings is 1. The number of hydrogen-bond donors (Lipinski definition) is 3. The molecule has 1 heterocycles. The van der Waals surface area contributed by atoms with Crippen molar-refractivity contribution in [3.05, 3.63) is 68.2 Å². The fraction of sp³-hybridized carbons (Fsp3) is 0.0833. The topological polar surface area (TPSA) is 94.8 Å². The molecule has 1 aromatic heterocycles. The number of rotatable bonds is 3. The van der Waals surface area contributed by atoms with Crippen LogP contribution in [-0.2, 0) is 6.54 Å². The van der Waals surface area contributed by atoms with E-state index in [0.717, 1.165) is 6.07 Å². The van der Waals surface area contributed by atoms with Crippen LogP contribution in [0.4, 0.5) is 4.39 Å². The SMILES string of the molecule is O=C(NCc1ccc(F)cc1)c1cc(=O)[nH]c(=O)[nH]1. The maximum absolute atomic E-state index is 12.7. The van der Waals surface area contributed by atoms with Gasteiger partial charge in [0.1, 0.15) is 11.5 Å². The van der Waals surface area contributed by atoms with Gasteiger partial charge < -0.3 is 10.3 Å². The zero-order valence-electron chi connectivity index (χ0n) is 9.70. The molecule has 0 radical (unpaired) electrons. The highest BCUT2D eigenvalue weighted by Crippen LogP contribution is 2.02. The lowest BCUT2D eigenvalue weighted by atomic mass is 10.2. The van der Waals surface area contributed by atoms with Crippen molar-refractivity contribution in [1.29, 1.82) is 0 Å². The van der Waals surface area contributed by atoms with Crippen molar-refractivity contribution in [2.45, 2.75) is 6.54 Å². The summed E-state index contributed by atoms with van der Waals surface area (Å²) in [4.78, 5) is 37.9. The van der Waals surface area contributed by atoms with Crippen molar-refractivity contribution in [2.24, 2.45) is 0 Å². The molecular weight excluding hydrogens is 253 g/mol. The summed E-state index contributed by atoms with van der Waals surface area (Å²) >= 11 is 0. The number of aromatic amines is 2. The lowest BCUT2D eigenvalue weighted by Crippen LogP contribution is -2.30.